The van der Waals surface area contributed by atoms with Gasteiger partial charge in [-0.05, 0) is 45.1 Å². The molecule has 0 saturated heterocycles. The smallest absolute Gasteiger partial charge is 0.336 e. The third-order valence-electron chi connectivity index (χ3n) is 2.43. The van der Waals surface area contributed by atoms with Gasteiger partial charge in [0, 0.05) is 4.47 Å². The number of hydrogen-bond acceptors (Lipinski definition) is 3. The van der Waals surface area contributed by atoms with Gasteiger partial charge in [0.05, 0.1) is 15.5 Å². The molecule has 1 unspecified atom stereocenters. The highest BCUT2D eigenvalue weighted by atomic mass is 79.9. The third-order valence-corrected chi connectivity index (χ3v) is 4.62. The van der Waals surface area contributed by atoms with Crippen LogP contribution < -0.4 is 0 Å². The number of halogens is 2. The molecule has 0 radical (unpaired) electrons. The first-order valence-electron chi connectivity index (χ1n) is 4.94. The van der Waals surface area contributed by atoms with E-state index in [1.807, 2.05) is 0 Å². The zero-order valence-corrected chi connectivity index (χ0v) is 12.1. The molecule has 2 rings (SSSR count). The van der Waals surface area contributed by atoms with E-state index in [9.17, 15) is 9.90 Å². The van der Waals surface area contributed by atoms with Gasteiger partial charge in [-0.25, -0.2) is 4.79 Å². The molecular formula is C12H8BrClO3S. The monoisotopic (exact) mass is 346 g/mol. The van der Waals surface area contributed by atoms with Gasteiger partial charge in [-0.3, -0.25) is 0 Å². The van der Waals surface area contributed by atoms with Gasteiger partial charge < -0.3 is 10.2 Å². The van der Waals surface area contributed by atoms with Gasteiger partial charge in [-0.15, -0.1) is 11.3 Å². The SMILES string of the molecule is O=C(O)c1ccsc1C(O)c1ccc(Cl)c(Br)c1. The molecule has 1 aromatic carbocycles. The molecule has 0 aliphatic rings. The van der Waals surface area contributed by atoms with Crippen molar-refractivity contribution in [3.8, 4) is 0 Å². The number of carboxylic acid groups (broad SMARTS) is 1. The summed E-state index contributed by atoms with van der Waals surface area (Å²) in [6.07, 6.45) is -0.968. The van der Waals surface area contributed by atoms with Crippen molar-refractivity contribution >= 4 is 44.8 Å². The topological polar surface area (TPSA) is 57.5 Å². The predicted octanol–water partition coefficient (Wildman–Crippen LogP) is 3.94. The van der Waals surface area contributed by atoms with Gasteiger partial charge in [0.15, 0.2) is 0 Å². The Morgan fingerprint density at radius 2 is 2.11 bits per heavy atom. The maximum Gasteiger partial charge on any atom is 0.336 e. The summed E-state index contributed by atoms with van der Waals surface area (Å²) in [5, 5.41) is 21.4. The molecule has 0 bridgehead atoms. The van der Waals surface area contributed by atoms with Gasteiger partial charge in [-0.2, -0.15) is 0 Å². The van der Waals surface area contributed by atoms with Crippen LogP contribution in [0, 0.1) is 0 Å². The average Bonchev–Trinajstić information content (AvgIpc) is 2.81. The van der Waals surface area contributed by atoms with E-state index in [0.717, 1.165) is 0 Å². The molecule has 18 heavy (non-hydrogen) atoms. The van der Waals surface area contributed by atoms with E-state index in [4.69, 9.17) is 16.7 Å². The lowest BCUT2D eigenvalue weighted by Crippen LogP contribution is -2.04. The van der Waals surface area contributed by atoms with Crippen molar-refractivity contribution in [2.45, 2.75) is 6.10 Å². The summed E-state index contributed by atoms with van der Waals surface area (Å²) < 4.78 is 0.661. The Morgan fingerprint density at radius 1 is 1.39 bits per heavy atom. The zero-order valence-electron chi connectivity index (χ0n) is 8.93. The number of carbonyl (C=O) groups is 1. The van der Waals surface area contributed by atoms with Crippen molar-refractivity contribution < 1.29 is 15.0 Å². The molecule has 1 heterocycles. The first-order valence-corrected chi connectivity index (χ1v) is 6.99. The van der Waals surface area contributed by atoms with Crippen LogP contribution in [0.3, 0.4) is 0 Å². The van der Waals surface area contributed by atoms with Gasteiger partial charge in [-0.1, -0.05) is 17.7 Å². The number of carboxylic acids is 1. The molecule has 2 aromatic rings. The molecule has 1 aromatic heterocycles. The lowest BCUT2D eigenvalue weighted by atomic mass is 10.1. The maximum atomic E-state index is 11.0. The molecule has 0 spiro atoms. The molecular weight excluding hydrogens is 340 g/mol. The zero-order chi connectivity index (χ0) is 13.3. The Bertz CT molecular complexity index is 597. The highest BCUT2D eigenvalue weighted by Crippen LogP contribution is 2.33. The third kappa shape index (κ3) is 2.59. The summed E-state index contributed by atoms with van der Waals surface area (Å²) in [6.45, 7) is 0. The molecule has 0 fully saturated rings. The largest absolute Gasteiger partial charge is 0.478 e. The summed E-state index contributed by atoms with van der Waals surface area (Å²) in [5.74, 6) is -1.04. The molecule has 2 N–H and O–H groups in total. The fourth-order valence-corrected chi connectivity index (χ4v) is 2.96. The van der Waals surface area contributed by atoms with E-state index in [0.29, 0.717) is 19.9 Å². The van der Waals surface area contributed by atoms with Gasteiger partial charge >= 0.3 is 5.97 Å². The summed E-state index contributed by atoms with van der Waals surface area (Å²) in [7, 11) is 0. The number of aromatic carboxylic acids is 1. The van der Waals surface area contributed by atoms with Crippen LogP contribution in [0.15, 0.2) is 34.1 Å². The average molecular weight is 348 g/mol. The van der Waals surface area contributed by atoms with Gasteiger partial charge in [0.25, 0.3) is 0 Å². The number of thiophene rings is 1. The molecule has 0 saturated carbocycles. The quantitative estimate of drug-likeness (QED) is 0.884. The molecule has 0 aliphatic carbocycles. The molecule has 3 nitrogen and oxygen atoms in total. The minimum Gasteiger partial charge on any atom is -0.478 e. The first kappa shape index (κ1) is 13.5. The Hall–Kier alpha value is -0.880. The second-order valence-corrected chi connectivity index (χ2v) is 5.79. The molecule has 0 amide bonds. The molecule has 6 heteroatoms. The van der Waals surface area contributed by atoms with Crippen LogP contribution in [-0.2, 0) is 0 Å². The summed E-state index contributed by atoms with van der Waals surface area (Å²) in [4.78, 5) is 11.4. The fraction of sp³-hybridized carbons (Fsp3) is 0.0833. The van der Waals surface area contributed by atoms with Crippen LogP contribution in [-0.4, -0.2) is 16.2 Å². The van der Waals surface area contributed by atoms with E-state index in [1.165, 1.54) is 17.4 Å². The second kappa shape index (κ2) is 5.40. The van der Waals surface area contributed by atoms with Crippen molar-refractivity contribution in [3.63, 3.8) is 0 Å². The van der Waals surface area contributed by atoms with Crippen LogP contribution >= 0.6 is 38.9 Å². The van der Waals surface area contributed by atoms with E-state index in [2.05, 4.69) is 15.9 Å². The van der Waals surface area contributed by atoms with E-state index >= 15 is 0 Å². The summed E-state index contributed by atoms with van der Waals surface area (Å²) in [6, 6.07) is 6.48. The number of aliphatic hydroxyl groups is 1. The van der Waals surface area contributed by atoms with E-state index in [1.54, 1.807) is 23.6 Å². The van der Waals surface area contributed by atoms with Crippen LogP contribution in [0.2, 0.25) is 5.02 Å². The van der Waals surface area contributed by atoms with Crippen molar-refractivity contribution in [2.24, 2.45) is 0 Å². The number of benzene rings is 1. The minimum atomic E-state index is -1.04. The van der Waals surface area contributed by atoms with Gasteiger partial charge in [0.1, 0.15) is 6.10 Å². The Morgan fingerprint density at radius 3 is 2.72 bits per heavy atom. The number of hydrogen-bond donors (Lipinski definition) is 2. The fourth-order valence-electron chi connectivity index (χ4n) is 1.54. The minimum absolute atomic E-state index is 0.124. The van der Waals surface area contributed by atoms with Crippen molar-refractivity contribution in [2.75, 3.05) is 0 Å². The lowest BCUT2D eigenvalue weighted by molar-refractivity contribution is 0.0692. The van der Waals surface area contributed by atoms with Crippen LogP contribution in [0.4, 0.5) is 0 Å². The van der Waals surface area contributed by atoms with Crippen LogP contribution in [0.25, 0.3) is 0 Å². The molecule has 0 aliphatic heterocycles. The number of aliphatic hydroxyl groups excluding tert-OH is 1. The Labute approximate surface area is 121 Å². The van der Waals surface area contributed by atoms with Crippen molar-refractivity contribution in [1.29, 1.82) is 0 Å². The Kier molecular flexibility index (Phi) is 4.07. The van der Waals surface area contributed by atoms with Crippen molar-refractivity contribution in [3.05, 3.63) is 55.1 Å². The maximum absolute atomic E-state index is 11.0. The normalized spacial score (nSPS) is 12.4. The van der Waals surface area contributed by atoms with E-state index < -0.39 is 12.1 Å². The summed E-state index contributed by atoms with van der Waals surface area (Å²) in [5.41, 5.74) is 0.717. The van der Waals surface area contributed by atoms with E-state index in [-0.39, 0.29) is 5.56 Å². The summed E-state index contributed by atoms with van der Waals surface area (Å²) >= 11 is 10.4. The lowest BCUT2D eigenvalue weighted by Gasteiger charge is -2.11. The van der Waals surface area contributed by atoms with Crippen LogP contribution in [0.5, 0.6) is 0 Å². The highest BCUT2D eigenvalue weighted by molar-refractivity contribution is 9.10. The second-order valence-electron chi connectivity index (χ2n) is 3.58. The molecule has 1 atom stereocenters. The van der Waals surface area contributed by atoms with Gasteiger partial charge in [0.2, 0.25) is 0 Å². The number of rotatable bonds is 3. The molecule has 94 valence electrons. The first-order chi connectivity index (χ1) is 8.50. The predicted molar refractivity (Wildman–Crippen MR) is 74.5 cm³/mol. The Balaban J connectivity index is 2.41. The van der Waals surface area contributed by atoms with Crippen LogP contribution in [0.1, 0.15) is 26.9 Å². The highest BCUT2D eigenvalue weighted by Gasteiger charge is 2.20. The van der Waals surface area contributed by atoms with Crippen molar-refractivity contribution in [1.82, 2.24) is 0 Å². The standard InChI is InChI=1S/C12H8BrClO3S/c13-8-5-6(1-2-9(8)14)10(15)11-7(12(16)17)3-4-18-11/h1-5,10,15H,(H,16,17).